The summed E-state index contributed by atoms with van der Waals surface area (Å²) < 4.78 is 4.64. The molecule has 0 saturated carbocycles. The van der Waals surface area contributed by atoms with Gasteiger partial charge in [0, 0.05) is 28.3 Å². The third kappa shape index (κ3) is 2.74. The second-order valence-electron chi connectivity index (χ2n) is 5.46. The normalized spacial score (nSPS) is 17.5. The van der Waals surface area contributed by atoms with Crippen LogP contribution in [-0.4, -0.2) is 30.8 Å². The van der Waals surface area contributed by atoms with Crippen LogP contribution in [0, 0.1) is 0 Å². The van der Waals surface area contributed by atoms with E-state index >= 15 is 0 Å². The van der Waals surface area contributed by atoms with E-state index in [1.807, 2.05) is 18.2 Å². The molecule has 1 amide bonds. The minimum atomic E-state index is -0.440. The van der Waals surface area contributed by atoms with Crippen molar-refractivity contribution in [2.45, 2.75) is 32.2 Å². The molecule has 1 unspecified atom stereocenters. The molecule has 5 nitrogen and oxygen atoms in total. The first-order valence-corrected chi connectivity index (χ1v) is 7.43. The zero-order valence-corrected chi connectivity index (χ0v) is 12.5. The number of aromatic nitrogens is 1. The van der Waals surface area contributed by atoms with Crippen molar-refractivity contribution < 1.29 is 9.53 Å². The summed E-state index contributed by atoms with van der Waals surface area (Å²) in [5.41, 5.74) is 4.60. The molecule has 112 valence electrons. The van der Waals surface area contributed by atoms with Gasteiger partial charge >= 0.3 is 6.09 Å². The van der Waals surface area contributed by atoms with Gasteiger partial charge in [-0.15, -0.1) is 0 Å². The minimum Gasteiger partial charge on any atom is -0.453 e. The van der Waals surface area contributed by atoms with Gasteiger partial charge in [-0.25, -0.2) is 4.79 Å². The number of fused-ring (bicyclic) bond motifs is 3. The topological polar surface area (TPSA) is 66.2 Å². The highest BCUT2D eigenvalue weighted by Gasteiger charge is 2.22. The van der Waals surface area contributed by atoms with Gasteiger partial charge in [0.05, 0.1) is 7.11 Å². The Bertz CT molecular complexity index is 663. The van der Waals surface area contributed by atoms with E-state index < -0.39 is 6.09 Å². The molecule has 1 aliphatic rings. The molecule has 1 atom stereocenters. The predicted octanol–water partition coefficient (Wildman–Crippen LogP) is 2.81. The number of aromatic amines is 1. The SMILES string of the molecule is CCNC1CCc2[nH]c3ccc(NC(=O)OC)cc3c2C1. The van der Waals surface area contributed by atoms with Crippen LogP contribution in [0.4, 0.5) is 10.5 Å². The van der Waals surface area contributed by atoms with Crippen molar-refractivity contribution in [3.63, 3.8) is 0 Å². The Balaban J connectivity index is 1.93. The molecule has 0 spiro atoms. The summed E-state index contributed by atoms with van der Waals surface area (Å²) in [4.78, 5) is 14.8. The van der Waals surface area contributed by atoms with Gasteiger partial charge in [0.2, 0.25) is 0 Å². The number of aryl methyl sites for hydroxylation is 1. The number of methoxy groups -OCH3 is 1. The lowest BCUT2D eigenvalue weighted by Gasteiger charge is -2.23. The summed E-state index contributed by atoms with van der Waals surface area (Å²) in [6.07, 6.45) is 2.83. The fraction of sp³-hybridized carbons (Fsp3) is 0.438. The van der Waals surface area contributed by atoms with E-state index in [0.717, 1.165) is 30.6 Å². The lowest BCUT2D eigenvalue weighted by atomic mass is 9.91. The molecular weight excluding hydrogens is 266 g/mol. The van der Waals surface area contributed by atoms with Gasteiger partial charge in [-0.1, -0.05) is 6.92 Å². The lowest BCUT2D eigenvalue weighted by molar-refractivity contribution is 0.187. The standard InChI is InChI=1S/C16H21N3O2/c1-3-17-10-4-6-14-12(8-10)13-9-11(18-16(20)21-2)5-7-15(13)19-14/h5,7,9-10,17,19H,3-4,6,8H2,1-2H3,(H,18,20). The van der Waals surface area contributed by atoms with Crippen LogP contribution in [0.5, 0.6) is 0 Å². The van der Waals surface area contributed by atoms with E-state index in [2.05, 4.69) is 27.3 Å². The van der Waals surface area contributed by atoms with Crippen molar-refractivity contribution in [3.05, 3.63) is 29.5 Å². The van der Waals surface area contributed by atoms with E-state index in [1.54, 1.807) is 0 Å². The number of carbonyl (C=O) groups excluding carboxylic acids is 1. The van der Waals surface area contributed by atoms with E-state index in [1.165, 1.54) is 30.2 Å². The van der Waals surface area contributed by atoms with E-state index in [4.69, 9.17) is 0 Å². The van der Waals surface area contributed by atoms with Crippen LogP contribution in [0.2, 0.25) is 0 Å². The quantitative estimate of drug-likeness (QED) is 0.813. The van der Waals surface area contributed by atoms with Crippen LogP contribution < -0.4 is 10.6 Å². The van der Waals surface area contributed by atoms with Gasteiger partial charge in [-0.05, 0) is 49.6 Å². The summed E-state index contributed by atoms with van der Waals surface area (Å²) in [7, 11) is 1.37. The van der Waals surface area contributed by atoms with Crippen molar-refractivity contribution in [3.8, 4) is 0 Å². The predicted molar refractivity (Wildman–Crippen MR) is 83.8 cm³/mol. The summed E-state index contributed by atoms with van der Waals surface area (Å²) in [6.45, 7) is 3.14. The molecule has 3 N–H and O–H groups in total. The zero-order chi connectivity index (χ0) is 14.8. The average Bonchev–Trinajstić information content (AvgIpc) is 2.85. The maximum atomic E-state index is 11.3. The molecular formula is C16H21N3O2. The van der Waals surface area contributed by atoms with Crippen LogP contribution in [0.15, 0.2) is 18.2 Å². The van der Waals surface area contributed by atoms with Crippen LogP contribution in [0.25, 0.3) is 10.9 Å². The molecule has 0 aliphatic heterocycles. The molecule has 0 fully saturated rings. The molecule has 0 radical (unpaired) electrons. The maximum absolute atomic E-state index is 11.3. The number of amides is 1. The Hall–Kier alpha value is -2.01. The zero-order valence-electron chi connectivity index (χ0n) is 12.5. The number of likely N-dealkylation sites (N-methyl/N-ethyl adjacent to an activating group) is 1. The van der Waals surface area contributed by atoms with Crippen LogP contribution in [0.1, 0.15) is 24.6 Å². The van der Waals surface area contributed by atoms with Crippen LogP contribution in [-0.2, 0) is 17.6 Å². The maximum Gasteiger partial charge on any atom is 0.411 e. The average molecular weight is 287 g/mol. The number of hydrogen-bond acceptors (Lipinski definition) is 3. The second kappa shape index (κ2) is 5.77. The van der Waals surface area contributed by atoms with Crippen molar-refractivity contribution in [1.82, 2.24) is 10.3 Å². The molecule has 2 aromatic rings. The Morgan fingerprint density at radius 2 is 2.33 bits per heavy atom. The van der Waals surface area contributed by atoms with E-state index in [0.29, 0.717) is 6.04 Å². The van der Waals surface area contributed by atoms with Crippen LogP contribution >= 0.6 is 0 Å². The summed E-state index contributed by atoms with van der Waals surface area (Å²) in [5, 5.41) is 7.45. The van der Waals surface area contributed by atoms with Gasteiger partial charge in [0.1, 0.15) is 0 Å². The monoisotopic (exact) mass is 287 g/mol. The van der Waals surface area contributed by atoms with E-state index in [-0.39, 0.29) is 0 Å². The second-order valence-corrected chi connectivity index (χ2v) is 5.46. The smallest absolute Gasteiger partial charge is 0.411 e. The van der Waals surface area contributed by atoms with Crippen molar-refractivity contribution in [2.75, 3.05) is 19.0 Å². The largest absolute Gasteiger partial charge is 0.453 e. The number of ether oxygens (including phenoxy) is 1. The lowest BCUT2D eigenvalue weighted by Crippen LogP contribution is -2.34. The molecule has 21 heavy (non-hydrogen) atoms. The molecule has 1 aromatic heterocycles. The number of hydrogen-bond donors (Lipinski definition) is 3. The van der Waals surface area contributed by atoms with Crippen molar-refractivity contribution in [2.24, 2.45) is 0 Å². The fourth-order valence-corrected chi connectivity index (χ4v) is 3.13. The molecule has 0 saturated heterocycles. The molecule has 1 aromatic carbocycles. The molecule has 1 heterocycles. The Morgan fingerprint density at radius 3 is 3.10 bits per heavy atom. The molecule has 5 heteroatoms. The number of nitrogens with one attached hydrogen (secondary N) is 3. The molecule has 1 aliphatic carbocycles. The Labute approximate surface area is 124 Å². The third-order valence-corrected chi connectivity index (χ3v) is 4.11. The highest BCUT2D eigenvalue weighted by atomic mass is 16.5. The number of benzene rings is 1. The first-order valence-electron chi connectivity index (χ1n) is 7.43. The highest BCUT2D eigenvalue weighted by Crippen LogP contribution is 2.31. The summed E-state index contributed by atoms with van der Waals surface area (Å²) in [6, 6.07) is 6.47. The molecule has 3 rings (SSSR count). The summed E-state index contributed by atoms with van der Waals surface area (Å²) in [5.74, 6) is 0. The van der Waals surface area contributed by atoms with Gasteiger partial charge in [-0.2, -0.15) is 0 Å². The first kappa shape index (κ1) is 13.9. The van der Waals surface area contributed by atoms with Gasteiger partial charge in [-0.3, -0.25) is 5.32 Å². The highest BCUT2D eigenvalue weighted by molar-refractivity contribution is 5.92. The minimum absolute atomic E-state index is 0.440. The van der Waals surface area contributed by atoms with Crippen LogP contribution in [0.3, 0.4) is 0 Å². The summed E-state index contributed by atoms with van der Waals surface area (Å²) >= 11 is 0. The Morgan fingerprint density at radius 1 is 1.48 bits per heavy atom. The fourth-order valence-electron chi connectivity index (χ4n) is 3.13. The van der Waals surface area contributed by atoms with Crippen molar-refractivity contribution >= 4 is 22.7 Å². The number of carbonyl (C=O) groups is 1. The Kier molecular flexibility index (Phi) is 3.84. The molecule has 0 bridgehead atoms. The van der Waals surface area contributed by atoms with E-state index in [9.17, 15) is 4.79 Å². The van der Waals surface area contributed by atoms with Gasteiger partial charge in [0.15, 0.2) is 0 Å². The first-order chi connectivity index (χ1) is 10.2. The number of rotatable bonds is 3. The van der Waals surface area contributed by atoms with Crippen molar-refractivity contribution in [1.29, 1.82) is 0 Å². The van der Waals surface area contributed by atoms with Gasteiger partial charge < -0.3 is 15.0 Å². The van der Waals surface area contributed by atoms with Gasteiger partial charge in [0.25, 0.3) is 0 Å². The number of H-pyrrole nitrogens is 1. The number of anilines is 1. The third-order valence-electron chi connectivity index (χ3n) is 4.11.